The maximum atomic E-state index is 9.54. The molecule has 1 aliphatic heterocycles. The fourth-order valence-electron chi connectivity index (χ4n) is 5.72. The molecule has 198 valence electrons. The van der Waals surface area contributed by atoms with Gasteiger partial charge in [-0.05, 0) is 83.0 Å². The summed E-state index contributed by atoms with van der Waals surface area (Å²) in [5.74, 6) is -1.09. The van der Waals surface area contributed by atoms with Gasteiger partial charge in [-0.2, -0.15) is 0 Å². The van der Waals surface area contributed by atoms with E-state index >= 15 is 0 Å². The van der Waals surface area contributed by atoms with E-state index in [1.807, 2.05) is 0 Å². The summed E-state index contributed by atoms with van der Waals surface area (Å²) in [6.45, 7) is 0. The summed E-state index contributed by atoms with van der Waals surface area (Å²) in [6.07, 6.45) is 0. The molecule has 0 fully saturated rings. The zero-order valence-corrected chi connectivity index (χ0v) is 21.4. The van der Waals surface area contributed by atoms with Crippen molar-refractivity contribution in [1.29, 1.82) is 0 Å². The van der Waals surface area contributed by atoms with Gasteiger partial charge in [0.15, 0.2) is 0 Å². The number of benzene rings is 9. The van der Waals surface area contributed by atoms with Crippen molar-refractivity contribution >= 4 is 53.9 Å². The van der Waals surface area contributed by atoms with Crippen molar-refractivity contribution < 1.29 is 37.6 Å². The number of hydrogen-bond donors (Lipinski definition) is 0. The summed E-state index contributed by atoms with van der Waals surface area (Å²) < 4.78 is 221. The van der Waals surface area contributed by atoms with Crippen LogP contribution in [0.3, 0.4) is 0 Å². The number of ether oxygens (including phenoxy) is 1. The van der Waals surface area contributed by atoms with E-state index in [1.165, 1.54) is 0 Å². The Morgan fingerprint density at radius 2 is 0.930 bits per heavy atom. The summed E-state index contributed by atoms with van der Waals surface area (Å²) >= 11 is 0. The zero-order valence-electron chi connectivity index (χ0n) is 45.4. The first-order valence-electron chi connectivity index (χ1n) is 24.9. The van der Waals surface area contributed by atoms with Crippen LogP contribution in [0.25, 0.3) is 87.2 Å². The standard InChI is InChI=1S/C42H24O/c1-2-7-25(8-3-1)29-18-14-27-17-21-36-31(19-15-28-16-20-35(29)39(27)40(28)36)32-23-24-38-41-33(32)11-6-12-34(41)37-22-13-26-9-4-5-10-30(26)42(37)43-38/h1-24H/i1D,2D,3D,4D,5D,6D,7D,8D,9D,10D,11D,12D,13D,14D,15D,16D,17D,18D,19D,20D,21D,22D,23D,24D. The summed E-state index contributed by atoms with van der Waals surface area (Å²) in [7, 11) is 0. The quantitative estimate of drug-likeness (QED) is 0.188. The first-order valence-corrected chi connectivity index (χ1v) is 12.9. The molecular formula is C42H24O. The van der Waals surface area contributed by atoms with Crippen LogP contribution in [0.5, 0.6) is 11.5 Å². The van der Waals surface area contributed by atoms with Gasteiger partial charge < -0.3 is 4.74 Å². The molecule has 0 unspecified atom stereocenters. The van der Waals surface area contributed by atoms with E-state index in [4.69, 9.17) is 25.3 Å². The van der Waals surface area contributed by atoms with E-state index in [0.29, 0.717) is 0 Å². The van der Waals surface area contributed by atoms with Crippen LogP contribution in [0.4, 0.5) is 0 Å². The Balaban J connectivity index is 1.46. The van der Waals surface area contributed by atoms with Crippen molar-refractivity contribution in [3.05, 3.63) is 145 Å². The molecule has 0 saturated carbocycles. The van der Waals surface area contributed by atoms with Crippen molar-refractivity contribution in [3.63, 3.8) is 0 Å². The van der Waals surface area contributed by atoms with Crippen LogP contribution < -0.4 is 4.74 Å². The molecule has 9 aromatic carbocycles. The van der Waals surface area contributed by atoms with Crippen molar-refractivity contribution in [3.8, 4) is 44.9 Å². The third-order valence-electron chi connectivity index (χ3n) is 7.56. The third kappa shape index (κ3) is 3.11. The van der Waals surface area contributed by atoms with Crippen LogP contribution in [0.1, 0.15) is 32.9 Å². The lowest BCUT2D eigenvalue weighted by Crippen LogP contribution is -1.99. The van der Waals surface area contributed by atoms with Gasteiger partial charge in [-0.25, -0.2) is 0 Å². The molecule has 0 N–H and O–H groups in total. The summed E-state index contributed by atoms with van der Waals surface area (Å²) in [6, 6.07) is -19.1. The van der Waals surface area contributed by atoms with Gasteiger partial charge >= 0.3 is 0 Å². The van der Waals surface area contributed by atoms with E-state index in [9.17, 15) is 12.3 Å². The average molecular weight is 569 g/mol. The Bertz CT molecular complexity index is 3910. The molecular weight excluding hydrogens is 520 g/mol. The van der Waals surface area contributed by atoms with Crippen molar-refractivity contribution in [2.45, 2.75) is 0 Å². The molecule has 0 amide bonds. The lowest BCUT2D eigenvalue weighted by molar-refractivity contribution is 0.493. The van der Waals surface area contributed by atoms with Gasteiger partial charge in [-0.3, -0.25) is 0 Å². The van der Waals surface area contributed by atoms with Crippen molar-refractivity contribution in [2.75, 3.05) is 0 Å². The van der Waals surface area contributed by atoms with E-state index in [2.05, 4.69) is 0 Å². The highest BCUT2D eigenvalue weighted by Crippen LogP contribution is 2.52. The summed E-state index contributed by atoms with van der Waals surface area (Å²) in [5, 5.41) is -4.38. The van der Waals surface area contributed by atoms with Crippen LogP contribution in [0, 0.1) is 0 Å². The van der Waals surface area contributed by atoms with Gasteiger partial charge in [0, 0.05) is 16.3 Å². The van der Waals surface area contributed by atoms with Crippen LogP contribution in [0.2, 0.25) is 0 Å². The second-order valence-electron chi connectivity index (χ2n) is 9.76. The fraction of sp³-hybridized carbons (Fsp3) is 0. The van der Waals surface area contributed by atoms with Crippen molar-refractivity contribution in [1.82, 2.24) is 0 Å². The second-order valence-corrected chi connectivity index (χ2v) is 9.76. The first-order chi connectivity index (χ1) is 31.3. The molecule has 1 heteroatoms. The van der Waals surface area contributed by atoms with E-state index in [-0.39, 0.29) is 16.2 Å². The fourth-order valence-corrected chi connectivity index (χ4v) is 5.72. The SMILES string of the molecule is [2H]c1c([2H])c([2H])c(-c2c([2H])c([2H])c3c([2H])c([2H])c4c(-c5c([2H])c([2H])c6c7c(c([2H])c([2H])c([2H])c57)-c5c([2H])c([2H])c7c([2H])c([2H])c([2H])c([2H])c7c5O6)c([2H])c([2H])c5c([2H])c([2H])c2c3c54)c([2H])c1[2H]. The minimum absolute atomic E-state index is 0.346. The molecule has 43 heavy (non-hydrogen) atoms. The van der Waals surface area contributed by atoms with Crippen LogP contribution >= 0.6 is 0 Å². The normalized spacial score (nSPS) is 20.2. The predicted octanol–water partition coefficient (Wildman–Crippen LogP) is 12.0. The molecule has 1 nitrogen and oxygen atoms in total. The number of hydrogen-bond acceptors (Lipinski definition) is 1. The highest BCUT2D eigenvalue weighted by Gasteiger charge is 2.24. The minimum Gasteiger partial charge on any atom is -0.455 e. The molecule has 1 heterocycles. The Hall–Kier alpha value is -5.66. The molecule has 10 rings (SSSR count). The smallest absolute Gasteiger partial charge is 0.143 e. The van der Waals surface area contributed by atoms with Crippen LogP contribution in [-0.4, -0.2) is 0 Å². The van der Waals surface area contributed by atoms with Gasteiger partial charge in [0.2, 0.25) is 0 Å². The highest BCUT2D eigenvalue weighted by atomic mass is 16.5. The lowest BCUT2D eigenvalue weighted by atomic mass is 9.85. The molecule has 0 atom stereocenters. The average Bonchev–Trinajstić information content (AvgIpc) is 3.29. The lowest BCUT2D eigenvalue weighted by Gasteiger charge is -2.24. The summed E-state index contributed by atoms with van der Waals surface area (Å²) in [5.41, 5.74) is -3.26. The molecule has 0 saturated heterocycles. The van der Waals surface area contributed by atoms with Gasteiger partial charge in [0.1, 0.15) is 11.5 Å². The molecule has 9 aromatic rings. The molecule has 0 aromatic heterocycles. The monoisotopic (exact) mass is 568 g/mol. The van der Waals surface area contributed by atoms with E-state index in [0.717, 1.165) is 0 Å². The topological polar surface area (TPSA) is 9.23 Å². The largest absolute Gasteiger partial charge is 0.455 e. The Labute approximate surface area is 282 Å². The molecule has 0 radical (unpaired) electrons. The number of fused-ring (bicyclic) bond motifs is 4. The van der Waals surface area contributed by atoms with Gasteiger partial charge in [-0.1, -0.05) is 133 Å². The van der Waals surface area contributed by atoms with Gasteiger partial charge in [0.25, 0.3) is 0 Å². The van der Waals surface area contributed by atoms with Gasteiger partial charge in [-0.15, -0.1) is 0 Å². The Kier molecular flexibility index (Phi) is 1.96. The number of rotatable bonds is 2. The highest BCUT2D eigenvalue weighted by molar-refractivity contribution is 6.28. The molecule has 0 bridgehead atoms. The minimum atomic E-state index is -0.882. The zero-order chi connectivity index (χ0) is 49.0. The Morgan fingerprint density at radius 3 is 1.74 bits per heavy atom. The maximum absolute atomic E-state index is 9.54. The van der Waals surface area contributed by atoms with E-state index in [1.54, 1.807) is 0 Å². The molecule has 1 aliphatic rings. The second kappa shape index (κ2) is 8.44. The Morgan fingerprint density at radius 1 is 0.349 bits per heavy atom. The molecule has 0 spiro atoms. The summed E-state index contributed by atoms with van der Waals surface area (Å²) in [4.78, 5) is 0. The van der Waals surface area contributed by atoms with Crippen LogP contribution in [0.15, 0.2) is 145 Å². The maximum Gasteiger partial charge on any atom is 0.143 e. The predicted molar refractivity (Wildman–Crippen MR) is 182 cm³/mol. The first kappa shape index (κ1) is 9.97. The van der Waals surface area contributed by atoms with Gasteiger partial charge in [0.05, 0.1) is 32.9 Å². The van der Waals surface area contributed by atoms with Crippen molar-refractivity contribution in [2.24, 2.45) is 0 Å². The van der Waals surface area contributed by atoms with Crippen LogP contribution in [-0.2, 0) is 0 Å². The third-order valence-corrected chi connectivity index (χ3v) is 7.56. The molecule has 0 aliphatic carbocycles. The van der Waals surface area contributed by atoms with E-state index < -0.39 is 228 Å².